The fourth-order valence-corrected chi connectivity index (χ4v) is 3.51. The van der Waals surface area contributed by atoms with Crippen LogP contribution in [0.2, 0.25) is 0 Å². The third-order valence-electron chi connectivity index (χ3n) is 5.05. The van der Waals surface area contributed by atoms with Crippen LogP contribution in [0.3, 0.4) is 0 Å². The van der Waals surface area contributed by atoms with Gasteiger partial charge in [-0.15, -0.1) is 0 Å². The van der Waals surface area contributed by atoms with Crippen molar-refractivity contribution in [1.29, 1.82) is 0 Å². The number of carbonyl (C=O) groups excluding carboxylic acids is 1. The Morgan fingerprint density at radius 2 is 1.77 bits per heavy atom. The number of hydrogen-bond donors (Lipinski definition) is 1. The van der Waals surface area contributed by atoms with Gasteiger partial charge in [0, 0.05) is 32.7 Å². The molecule has 1 aromatic heterocycles. The monoisotopic (exact) mass is 419 g/mol. The number of carbonyl (C=O) groups is 1. The summed E-state index contributed by atoms with van der Waals surface area (Å²) in [4.78, 5) is 16.5. The summed E-state index contributed by atoms with van der Waals surface area (Å²) in [6.07, 6.45) is -4.34. The van der Waals surface area contributed by atoms with Crippen LogP contribution in [0.25, 0.3) is 11.0 Å². The maximum Gasteiger partial charge on any atom is 0.416 e. The van der Waals surface area contributed by atoms with Gasteiger partial charge in [0.25, 0.3) is 0 Å². The number of nitrogens with zero attached hydrogens (tertiary/aromatic N) is 4. The molecule has 0 saturated carbocycles. The molecule has 0 bridgehead atoms. The summed E-state index contributed by atoms with van der Waals surface area (Å²) in [5.74, 6) is -0.170. The Balaban J connectivity index is 1.28. The van der Waals surface area contributed by atoms with E-state index in [4.69, 9.17) is 4.63 Å². The van der Waals surface area contributed by atoms with Gasteiger partial charge < -0.3 is 5.32 Å². The van der Waals surface area contributed by atoms with Crippen molar-refractivity contribution in [1.82, 2.24) is 20.1 Å². The quantitative estimate of drug-likeness (QED) is 0.686. The highest BCUT2D eigenvalue weighted by atomic mass is 19.4. The molecule has 3 aromatic rings. The van der Waals surface area contributed by atoms with E-state index in [9.17, 15) is 18.0 Å². The number of hydrogen-bond acceptors (Lipinski definition) is 6. The first-order chi connectivity index (χ1) is 14.4. The van der Waals surface area contributed by atoms with Crippen molar-refractivity contribution in [2.45, 2.75) is 12.7 Å². The highest BCUT2D eigenvalue weighted by molar-refractivity contribution is 5.99. The molecule has 4 rings (SSSR count). The highest BCUT2D eigenvalue weighted by Gasteiger charge is 2.30. The maximum atomic E-state index is 12.9. The van der Waals surface area contributed by atoms with Crippen LogP contribution < -0.4 is 5.32 Å². The summed E-state index contributed by atoms with van der Waals surface area (Å²) in [6.45, 7) is 3.33. The molecule has 7 nitrogen and oxygen atoms in total. The standard InChI is InChI=1S/C20H20F3N5O2/c21-20(22,23)15-4-1-3-14(11-15)12-27-7-9-28(10-8-27)13-18(29)24-16-5-2-6-17-19(16)26-30-25-17/h1-6,11H,7-10,12-13H2,(H,24,29). The zero-order chi connectivity index (χ0) is 21.1. The average Bonchev–Trinajstić information content (AvgIpc) is 3.19. The second kappa shape index (κ2) is 8.41. The van der Waals surface area contributed by atoms with Gasteiger partial charge in [-0.3, -0.25) is 14.6 Å². The van der Waals surface area contributed by atoms with Crippen molar-refractivity contribution in [3.05, 3.63) is 53.6 Å². The Morgan fingerprint density at radius 3 is 2.53 bits per heavy atom. The molecular formula is C20H20F3N5O2. The fraction of sp³-hybridized carbons (Fsp3) is 0.350. The number of alkyl halides is 3. The van der Waals surface area contributed by atoms with Gasteiger partial charge >= 0.3 is 6.18 Å². The molecule has 2 aromatic carbocycles. The topological polar surface area (TPSA) is 74.5 Å². The molecular weight excluding hydrogens is 399 g/mol. The SMILES string of the molecule is O=C(CN1CCN(Cc2cccc(C(F)(F)F)c2)CC1)Nc1cccc2nonc12. The Kier molecular flexibility index (Phi) is 5.69. The second-order valence-electron chi connectivity index (χ2n) is 7.24. The lowest BCUT2D eigenvalue weighted by Gasteiger charge is -2.34. The molecule has 0 aliphatic carbocycles. The molecule has 1 aliphatic heterocycles. The average molecular weight is 419 g/mol. The molecule has 0 spiro atoms. The molecule has 1 fully saturated rings. The molecule has 30 heavy (non-hydrogen) atoms. The molecule has 1 N–H and O–H groups in total. The van der Waals surface area contributed by atoms with Crippen LogP contribution in [-0.2, 0) is 17.5 Å². The zero-order valence-corrected chi connectivity index (χ0v) is 16.0. The van der Waals surface area contributed by atoms with E-state index in [1.807, 2.05) is 4.90 Å². The zero-order valence-electron chi connectivity index (χ0n) is 16.0. The predicted octanol–water partition coefficient (Wildman–Crippen LogP) is 3.00. The lowest BCUT2D eigenvalue weighted by Crippen LogP contribution is -2.48. The van der Waals surface area contributed by atoms with E-state index in [1.165, 1.54) is 12.1 Å². The minimum absolute atomic E-state index is 0.170. The summed E-state index contributed by atoms with van der Waals surface area (Å²) in [7, 11) is 0. The van der Waals surface area contributed by atoms with Gasteiger partial charge in [0.05, 0.1) is 17.8 Å². The minimum atomic E-state index is -4.34. The fourth-order valence-electron chi connectivity index (χ4n) is 3.51. The first kappa shape index (κ1) is 20.3. The lowest BCUT2D eigenvalue weighted by molar-refractivity contribution is -0.137. The van der Waals surface area contributed by atoms with Crippen molar-refractivity contribution in [2.24, 2.45) is 0 Å². The number of fused-ring (bicyclic) bond motifs is 1. The summed E-state index contributed by atoms with van der Waals surface area (Å²) in [5.41, 5.74) is 1.60. The number of halogens is 3. The van der Waals surface area contributed by atoms with Gasteiger partial charge in [0.15, 0.2) is 5.52 Å². The van der Waals surface area contributed by atoms with E-state index in [1.54, 1.807) is 24.3 Å². The smallest absolute Gasteiger partial charge is 0.323 e. The van der Waals surface area contributed by atoms with Crippen LogP contribution in [0.15, 0.2) is 47.1 Å². The van der Waals surface area contributed by atoms with Gasteiger partial charge in [-0.2, -0.15) is 13.2 Å². The van der Waals surface area contributed by atoms with E-state index >= 15 is 0 Å². The molecule has 0 unspecified atom stereocenters. The number of anilines is 1. The van der Waals surface area contributed by atoms with Gasteiger partial charge in [0.2, 0.25) is 5.91 Å². The molecule has 10 heteroatoms. The van der Waals surface area contributed by atoms with Crippen molar-refractivity contribution in [2.75, 3.05) is 38.0 Å². The summed E-state index contributed by atoms with van der Waals surface area (Å²) < 4.78 is 43.3. The second-order valence-corrected chi connectivity index (χ2v) is 7.24. The van der Waals surface area contributed by atoms with E-state index in [0.717, 1.165) is 6.07 Å². The molecule has 1 saturated heterocycles. The predicted molar refractivity (Wildman–Crippen MR) is 104 cm³/mol. The molecule has 2 heterocycles. The van der Waals surface area contributed by atoms with Crippen LogP contribution in [0.5, 0.6) is 0 Å². The van der Waals surface area contributed by atoms with Crippen molar-refractivity contribution < 1.29 is 22.6 Å². The summed E-state index contributed by atoms with van der Waals surface area (Å²) in [5, 5.41) is 10.4. The third kappa shape index (κ3) is 4.77. The first-order valence-electron chi connectivity index (χ1n) is 9.50. The maximum absolute atomic E-state index is 12.9. The van der Waals surface area contributed by atoms with Gasteiger partial charge in [0.1, 0.15) is 5.52 Å². The molecule has 0 atom stereocenters. The highest BCUT2D eigenvalue weighted by Crippen LogP contribution is 2.29. The Labute approximate surface area is 170 Å². The van der Waals surface area contributed by atoms with E-state index < -0.39 is 11.7 Å². The number of amides is 1. The Hall–Kier alpha value is -2.98. The molecule has 0 radical (unpaired) electrons. The van der Waals surface area contributed by atoms with Crippen LogP contribution >= 0.6 is 0 Å². The van der Waals surface area contributed by atoms with Gasteiger partial charge in [-0.25, -0.2) is 4.63 Å². The summed E-state index contributed by atoms with van der Waals surface area (Å²) in [6, 6.07) is 10.6. The molecule has 158 valence electrons. The number of rotatable bonds is 5. The largest absolute Gasteiger partial charge is 0.416 e. The number of benzene rings is 2. The molecule has 1 aliphatic rings. The van der Waals surface area contributed by atoms with Gasteiger partial charge in [-0.05, 0) is 34.1 Å². The molecule has 1 amide bonds. The van der Waals surface area contributed by atoms with E-state index in [2.05, 4.69) is 20.5 Å². The van der Waals surface area contributed by atoms with Crippen LogP contribution in [0.4, 0.5) is 18.9 Å². The minimum Gasteiger partial charge on any atom is -0.323 e. The normalized spacial score (nSPS) is 16.1. The first-order valence-corrected chi connectivity index (χ1v) is 9.50. The van der Waals surface area contributed by atoms with E-state index in [-0.39, 0.29) is 12.5 Å². The van der Waals surface area contributed by atoms with E-state index in [0.29, 0.717) is 55.0 Å². The van der Waals surface area contributed by atoms with Crippen molar-refractivity contribution in [3.8, 4) is 0 Å². The van der Waals surface area contributed by atoms with Crippen molar-refractivity contribution >= 4 is 22.6 Å². The number of nitrogens with one attached hydrogen (secondary N) is 1. The van der Waals surface area contributed by atoms with Crippen LogP contribution in [0, 0.1) is 0 Å². The third-order valence-corrected chi connectivity index (χ3v) is 5.05. The Bertz CT molecular complexity index is 1030. The summed E-state index contributed by atoms with van der Waals surface area (Å²) >= 11 is 0. The van der Waals surface area contributed by atoms with Crippen molar-refractivity contribution in [3.63, 3.8) is 0 Å². The Morgan fingerprint density at radius 1 is 1.03 bits per heavy atom. The number of piperazine rings is 1. The van der Waals surface area contributed by atoms with Gasteiger partial charge in [-0.1, -0.05) is 24.3 Å². The van der Waals surface area contributed by atoms with Crippen LogP contribution in [0.1, 0.15) is 11.1 Å². The lowest BCUT2D eigenvalue weighted by atomic mass is 10.1. The van der Waals surface area contributed by atoms with Crippen LogP contribution in [-0.4, -0.2) is 58.7 Å². The number of aromatic nitrogens is 2.